The average molecular weight is 445 g/mol. The van der Waals surface area contributed by atoms with Gasteiger partial charge in [0, 0.05) is 25.0 Å². The minimum absolute atomic E-state index is 0.0706. The first-order valence-electron chi connectivity index (χ1n) is 10.3. The van der Waals surface area contributed by atoms with Gasteiger partial charge in [0.1, 0.15) is 6.33 Å². The molecule has 0 bridgehead atoms. The van der Waals surface area contributed by atoms with Gasteiger partial charge in [-0.2, -0.15) is 17.6 Å². The Morgan fingerprint density at radius 2 is 1.81 bits per heavy atom. The standard InChI is InChI=1S/C23H23F4N5/c1-14-9-19(17-5-7-18(8-6-17)23(25,26)27)32(12-14)22-20(24)21(30-13-31-22)29-11-16-4-3-15(2)28-10-16/h3-8,10,13-14,19H,9,11-12H2,1-2H3,(H,29,30,31). The number of benzene rings is 1. The quantitative estimate of drug-likeness (QED) is 0.523. The number of nitrogens with zero attached hydrogens (tertiary/aromatic N) is 4. The first kappa shape index (κ1) is 22.0. The number of aryl methyl sites for hydroxylation is 1. The van der Waals surface area contributed by atoms with Gasteiger partial charge in [0.25, 0.3) is 0 Å². The van der Waals surface area contributed by atoms with Crippen LogP contribution in [0.15, 0.2) is 48.9 Å². The van der Waals surface area contributed by atoms with Crippen molar-refractivity contribution >= 4 is 11.6 Å². The molecule has 0 amide bonds. The molecule has 1 aliphatic heterocycles. The molecule has 1 fully saturated rings. The Kier molecular flexibility index (Phi) is 5.99. The normalized spacial score (nSPS) is 18.8. The summed E-state index contributed by atoms with van der Waals surface area (Å²) in [6.07, 6.45) is -0.702. The zero-order chi connectivity index (χ0) is 22.9. The van der Waals surface area contributed by atoms with Crippen LogP contribution in [0.3, 0.4) is 0 Å². The SMILES string of the molecule is Cc1ccc(CNc2ncnc(N3CC(C)CC3c3ccc(C(F)(F)F)cc3)c2F)cn1. The summed E-state index contributed by atoms with van der Waals surface area (Å²) < 4.78 is 54.1. The molecule has 0 radical (unpaired) electrons. The number of nitrogens with one attached hydrogen (secondary N) is 1. The third kappa shape index (κ3) is 4.66. The lowest BCUT2D eigenvalue weighted by molar-refractivity contribution is -0.137. The van der Waals surface area contributed by atoms with E-state index in [0.717, 1.165) is 23.4 Å². The lowest BCUT2D eigenvalue weighted by Crippen LogP contribution is -2.26. The number of aromatic nitrogens is 3. The van der Waals surface area contributed by atoms with Gasteiger partial charge in [-0.1, -0.05) is 25.1 Å². The predicted molar refractivity (Wildman–Crippen MR) is 114 cm³/mol. The molecule has 32 heavy (non-hydrogen) atoms. The predicted octanol–water partition coefficient (Wildman–Crippen LogP) is 5.54. The number of hydrogen-bond acceptors (Lipinski definition) is 5. The van der Waals surface area contributed by atoms with E-state index >= 15 is 4.39 Å². The molecule has 3 heterocycles. The van der Waals surface area contributed by atoms with Gasteiger partial charge in [-0.25, -0.2) is 9.97 Å². The lowest BCUT2D eigenvalue weighted by Gasteiger charge is -2.27. The molecule has 9 heteroatoms. The van der Waals surface area contributed by atoms with Crippen LogP contribution in [0.25, 0.3) is 0 Å². The second-order valence-corrected chi connectivity index (χ2v) is 8.15. The van der Waals surface area contributed by atoms with Crippen LogP contribution in [-0.4, -0.2) is 21.5 Å². The molecule has 1 aliphatic rings. The molecule has 1 saturated heterocycles. The first-order valence-corrected chi connectivity index (χ1v) is 10.3. The molecule has 1 N–H and O–H groups in total. The summed E-state index contributed by atoms with van der Waals surface area (Å²) >= 11 is 0. The summed E-state index contributed by atoms with van der Waals surface area (Å²) in [5.74, 6) is -0.148. The van der Waals surface area contributed by atoms with E-state index in [1.807, 2.05) is 30.9 Å². The fourth-order valence-electron chi connectivity index (χ4n) is 3.96. The number of pyridine rings is 1. The van der Waals surface area contributed by atoms with E-state index in [1.54, 1.807) is 6.20 Å². The van der Waals surface area contributed by atoms with Crippen LogP contribution >= 0.6 is 0 Å². The number of halogens is 4. The first-order chi connectivity index (χ1) is 15.2. The van der Waals surface area contributed by atoms with Crippen LogP contribution in [0, 0.1) is 18.7 Å². The van der Waals surface area contributed by atoms with E-state index < -0.39 is 17.6 Å². The van der Waals surface area contributed by atoms with E-state index in [-0.39, 0.29) is 23.6 Å². The van der Waals surface area contributed by atoms with Crippen molar-refractivity contribution in [2.75, 3.05) is 16.8 Å². The van der Waals surface area contributed by atoms with Crippen molar-refractivity contribution < 1.29 is 17.6 Å². The minimum atomic E-state index is -4.40. The van der Waals surface area contributed by atoms with Gasteiger partial charge >= 0.3 is 6.18 Å². The fourth-order valence-corrected chi connectivity index (χ4v) is 3.96. The van der Waals surface area contributed by atoms with E-state index in [1.165, 1.54) is 18.5 Å². The van der Waals surface area contributed by atoms with Crippen molar-refractivity contribution in [3.8, 4) is 0 Å². The van der Waals surface area contributed by atoms with E-state index in [4.69, 9.17) is 0 Å². The topological polar surface area (TPSA) is 53.9 Å². The van der Waals surface area contributed by atoms with Gasteiger partial charge < -0.3 is 10.2 Å². The molecule has 4 rings (SSSR count). The Balaban J connectivity index is 1.57. The van der Waals surface area contributed by atoms with Crippen molar-refractivity contribution in [2.24, 2.45) is 5.92 Å². The van der Waals surface area contributed by atoms with Gasteiger partial charge in [0.15, 0.2) is 11.6 Å². The highest BCUT2D eigenvalue weighted by atomic mass is 19.4. The highest BCUT2D eigenvalue weighted by Crippen LogP contribution is 2.40. The molecule has 2 atom stereocenters. The molecule has 0 saturated carbocycles. The third-order valence-electron chi connectivity index (χ3n) is 5.61. The van der Waals surface area contributed by atoms with Crippen LogP contribution in [-0.2, 0) is 12.7 Å². The van der Waals surface area contributed by atoms with Crippen LogP contribution < -0.4 is 10.2 Å². The second kappa shape index (κ2) is 8.72. The fraction of sp³-hybridized carbons (Fsp3) is 0.348. The summed E-state index contributed by atoms with van der Waals surface area (Å²) in [6, 6.07) is 8.55. The molecular weight excluding hydrogens is 422 g/mol. The lowest BCUT2D eigenvalue weighted by atomic mass is 9.99. The van der Waals surface area contributed by atoms with Gasteiger partial charge in [-0.15, -0.1) is 0 Å². The van der Waals surface area contributed by atoms with Crippen molar-refractivity contribution in [1.29, 1.82) is 0 Å². The maximum Gasteiger partial charge on any atom is 0.416 e. The molecule has 0 aliphatic carbocycles. The molecule has 3 aromatic rings. The summed E-state index contributed by atoms with van der Waals surface area (Å²) in [4.78, 5) is 14.2. The minimum Gasteiger partial charge on any atom is -0.363 e. The van der Waals surface area contributed by atoms with Crippen molar-refractivity contribution in [3.63, 3.8) is 0 Å². The van der Waals surface area contributed by atoms with Gasteiger partial charge in [0.05, 0.1) is 11.6 Å². The number of rotatable bonds is 5. The largest absolute Gasteiger partial charge is 0.416 e. The molecule has 2 aromatic heterocycles. The second-order valence-electron chi connectivity index (χ2n) is 8.15. The summed E-state index contributed by atoms with van der Waals surface area (Å²) in [5, 5.41) is 2.98. The summed E-state index contributed by atoms with van der Waals surface area (Å²) in [5.41, 5.74) is 1.76. The Hall–Kier alpha value is -3.23. The molecule has 1 aromatic carbocycles. The van der Waals surface area contributed by atoms with Crippen LogP contribution in [0.1, 0.15) is 41.8 Å². The summed E-state index contributed by atoms with van der Waals surface area (Å²) in [6.45, 7) is 4.80. The molecular formula is C23H23F4N5. The van der Waals surface area contributed by atoms with Crippen LogP contribution in [0.4, 0.5) is 29.2 Å². The highest BCUT2D eigenvalue weighted by molar-refractivity contribution is 5.53. The zero-order valence-corrected chi connectivity index (χ0v) is 17.7. The van der Waals surface area contributed by atoms with Crippen LogP contribution in [0.2, 0.25) is 0 Å². The van der Waals surface area contributed by atoms with Gasteiger partial charge in [-0.3, -0.25) is 4.98 Å². The Morgan fingerprint density at radius 3 is 2.47 bits per heavy atom. The van der Waals surface area contributed by atoms with Crippen LogP contribution in [0.5, 0.6) is 0 Å². The average Bonchev–Trinajstić information content (AvgIpc) is 3.15. The maximum atomic E-state index is 15.3. The Bertz CT molecular complexity index is 1070. The van der Waals surface area contributed by atoms with Crippen molar-refractivity contribution in [2.45, 2.75) is 39.0 Å². The Morgan fingerprint density at radius 1 is 1.06 bits per heavy atom. The zero-order valence-electron chi connectivity index (χ0n) is 17.7. The van der Waals surface area contributed by atoms with E-state index in [0.29, 0.717) is 25.1 Å². The third-order valence-corrected chi connectivity index (χ3v) is 5.61. The number of hydrogen-bond donors (Lipinski definition) is 1. The van der Waals surface area contributed by atoms with E-state index in [2.05, 4.69) is 20.3 Å². The molecule has 168 valence electrons. The molecule has 5 nitrogen and oxygen atoms in total. The van der Waals surface area contributed by atoms with Gasteiger partial charge in [0.2, 0.25) is 5.82 Å². The van der Waals surface area contributed by atoms with Crippen molar-refractivity contribution in [1.82, 2.24) is 15.0 Å². The smallest absolute Gasteiger partial charge is 0.363 e. The summed E-state index contributed by atoms with van der Waals surface area (Å²) in [7, 11) is 0. The number of alkyl halides is 3. The van der Waals surface area contributed by atoms with E-state index in [9.17, 15) is 13.2 Å². The highest BCUT2D eigenvalue weighted by Gasteiger charge is 2.35. The number of anilines is 2. The maximum absolute atomic E-state index is 15.3. The monoisotopic (exact) mass is 445 g/mol. The van der Waals surface area contributed by atoms with Gasteiger partial charge in [-0.05, 0) is 48.6 Å². The van der Waals surface area contributed by atoms with Crippen molar-refractivity contribution in [3.05, 3.63) is 77.1 Å². The molecule has 0 spiro atoms. The molecule has 2 unspecified atom stereocenters. The Labute approximate surface area is 183 Å².